The molecule has 6 nitrogen and oxygen atoms in total. The summed E-state index contributed by atoms with van der Waals surface area (Å²) in [6, 6.07) is 11.2. The Kier molecular flexibility index (Phi) is 5.40. The highest BCUT2D eigenvalue weighted by Crippen LogP contribution is 2.24. The van der Waals surface area contributed by atoms with Crippen LogP contribution in [0, 0.1) is 6.92 Å². The standard InChI is InChI=1S/C15H15BrN2O4S/c1-10-5-6-11(16)7-14(10)23(21,22)18-13-4-2-3-12(8-13)17-15(20)9-19/h2-8,18-19H,9H2,1H3,(H,17,20). The van der Waals surface area contributed by atoms with Crippen LogP contribution in [0.3, 0.4) is 0 Å². The van der Waals surface area contributed by atoms with Gasteiger partial charge >= 0.3 is 0 Å². The number of benzene rings is 2. The van der Waals surface area contributed by atoms with E-state index in [4.69, 9.17) is 5.11 Å². The Hall–Kier alpha value is -1.90. The topological polar surface area (TPSA) is 95.5 Å². The summed E-state index contributed by atoms with van der Waals surface area (Å²) in [4.78, 5) is 11.3. The van der Waals surface area contributed by atoms with Crippen molar-refractivity contribution in [2.45, 2.75) is 11.8 Å². The molecule has 0 radical (unpaired) electrons. The highest BCUT2D eigenvalue weighted by molar-refractivity contribution is 9.10. The van der Waals surface area contributed by atoms with Crippen molar-refractivity contribution < 1.29 is 18.3 Å². The van der Waals surface area contributed by atoms with Crippen LogP contribution in [-0.4, -0.2) is 26.0 Å². The predicted molar refractivity (Wildman–Crippen MR) is 91.8 cm³/mol. The summed E-state index contributed by atoms with van der Waals surface area (Å²) in [5.74, 6) is -0.576. The van der Waals surface area contributed by atoms with Gasteiger partial charge in [-0.2, -0.15) is 0 Å². The number of aliphatic hydroxyl groups is 1. The molecule has 0 aromatic heterocycles. The van der Waals surface area contributed by atoms with E-state index in [2.05, 4.69) is 26.0 Å². The molecule has 8 heteroatoms. The van der Waals surface area contributed by atoms with Crippen LogP contribution in [-0.2, 0) is 14.8 Å². The number of carbonyl (C=O) groups excluding carboxylic acids is 1. The minimum atomic E-state index is -3.76. The van der Waals surface area contributed by atoms with E-state index in [0.717, 1.165) is 0 Å². The average molecular weight is 399 g/mol. The highest BCUT2D eigenvalue weighted by Gasteiger charge is 2.17. The van der Waals surface area contributed by atoms with Gasteiger partial charge < -0.3 is 10.4 Å². The van der Waals surface area contributed by atoms with Crippen molar-refractivity contribution in [2.24, 2.45) is 0 Å². The Morgan fingerprint density at radius 1 is 1.17 bits per heavy atom. The van der Waals surface area contributed by atoms with Crippen LogP contribution in [0.5, 0.6) is 0 Å². The van der Waals surface area contributed by atoms with Gasteiger partial charge in [-0.3, -0.25) is 9.52 Å². The van der Waals surface area contributed by atoms with E-state index >= 15 is 0 Å². The van der Waals surface area contributed by atoms with E-state index in [1.807, 2.05) is 0 Å². The van der Waals surface area contributed by atoms with Crippen LogP contribution in [0.2, 0.25) is 0 Å². The monoisotopic (exact) mass is 398 g/mol. The number of halogens is 1. The predicted octanol–water partition coefficient (Wildman–Crippen LogP) is 2.49. The van der Waals surface area contributed by atoms with Crippen molar-refractivity contribution in [3.8, 4) is 0 Å². The first kappa shape index (κ1) is 17.5. The molecule has 0 aliphatic heterocycles. The number of rotatable bonds is 5. The van der Waals surface area contributed by atoms with Gasteiger partial charge in [-0.1, -0.05) is 28.1 Å². The maximum atomic E-state index is 12.5. The Bertz CT molecular complexity index is 837. The molecule has 0 bridgehead atoms. The third-order valence-electron chi connectivity index (χ3n) is 2.98. The number of hydrogen-bond acceptors (Lipinski definition) is 4. The van der Waals surface area contributed by atoms with E-state index in [0.29, 0.717) is 21.4 Å². The molecule has 0 atom stereocenters. The summed E-state index contributed by atoms with van der Waals surface area (Å²) in [6.07, 6.45) is 0. The van der Waals surface area contributed by atoms with Gasteiger partial charge in [-0.15, -0.1) is 0 Å². The van der Waals surface area contributed by atoms with E-state index in [1.54, 1.807) is 37.3 Å². The minimum absolute atomic E-state index is 0.164. The number of nitrogens with one attached hydrogen (secondary N) is 2. The molecule has 0 aliphatic rings. The zero-order valence-electron chi connectivity index (χ0n) is 12.2. The second kappa shape index (κ2) is 7.12. The molecule has 122 valence electrons. The molecule has 2 aromatic rings. The first-order valence-electron chi connectivity index (χ1n) is 6.61. The maximum Gasteiger partial charge on any atom is 0.262 e. The SMILES string of the molecule is Cc1ccc(Br)cc1S(=O)(=O)Nc1cccc(NC(=O)CO)c1. The summed E-state index contributed by atoms with van der Waals surface area (Å²) in [6.45, 7) is 1.06. The number of aliphatic hydroxyl groups excluding tert-OH is 1. The number of sulfonamides is 1. The van der Waals surface area contributed by atoms with Gasteiger partial charge in [0.1, 0.15) is 6.61 Å². The summed E-state index contributed by atoms with van der Waals surface area (Å²) in [5, 5.41) is 11.2. The molecular formula is C15H15BrN2O4S. The fraction of sp³-hybridized carbons (Fsp3) is 0.133. The molecule has 23 heavy (non-hydrogen) atoms. The largest absolute Gasteiger partial charge is 0.387 e. The van der Waals surface area contributed by atoms with Crippen molar-refractivity contribution in [2.75, 3.05) is 16.6 Å². The Morgan fingerprint density at radius 3 is 2.57 bits per heavy atom. The summed E-state index contributed by atoms with van der Waals surface area (Å²) < 4.78 is 28.1. The molecule has 0 saturated carbocycles. The minimum Gasteiger partial charge on any atom is -0.387 e. The highest BCUT2D eigenvalue weighted by atomic mass is 79.9. The van der Waals surface area contributed by atoms with Gasteiger partial charge in [-0.05, 0) is 42.8 Å². The van der Waals surface area contributed by atoms with Gasteiger partial charge in [0.2, 0.25) is 5.91 Å². The number of hydrogen-bond donors (Lipinski definition) is 3. The lowest BCUT2D eigenvalue weighted by atomic mass is 10.2. The third-order valence-corrected chi connectivity index (χ3v) is 5.00. The third kappa shape index (κ3) is 4.54. The van der Waals surface area contributed by atoms with E-state index in [1.165, 1.54) is 12.1 Å². The Balaban J connectivity index is 2.29. The number of amides is 1. The lowest BCUT2D eigenvalue weighted by Gasteiger charge is -2.12. The quantitative estimate of drug-likeness (QED) is 0.720. The average Bonchev–Trinajstić information content (AvgIpc) is 2.49. The van der Waals surface area contributed by atoms with Crippen LogP contribution >= 0.6 is 15.9 Å². The number of aryl methyl sites for hydroxylation is 1. The molecule has 2 rings (SSSR count). The maximum absolute atomic E-state index is 12.5. The van der Waals surface area contributed by atoms with Crippen LogP contribution in [0.4, 0.5) is 11.4 Å². The van der Waals surface area contributed by atoms with Crippen molar-refractivity contribution in [1.82, 2.24) is 0 Å². The zero-order chi connectivity index (χ0) is 17.0. The number of anilines is 2. The summed E-state index contributed by atoms with van der Waals surface area (Å²) in [7, 11) is -3.76. The molecular weight excluding hydrogens is 384 g/mol. The fourth-order valence-electron chi connectivity index (χ4n) is 1.93. The van der Waals surface area contributed by atoms with Gasteiger partial charge in [0.05, 0.1) is 10.6 Å². The van der Waals surface area contributed by atoms with Gasteiger partial charge in [-0.25, -0.2) is 8.42 Å². The molecule has 0 heterocycles. The molecule has 0 aliphatic carbocycles. The van der Waals surface area contributed by atoms with Crippen molar-refractivity contribution in [1.29, 1.82) is 0 Å². The molecule has 2 aromatic carbocycles. The Labute approximate surface area is 142 Å². The van der Waals surface area contributed by atoms with Crippen LogP contribution < -0.4 is 10.0 Å². The van der Waals surface area contributed by atoms with Crippen molar-refractivity contribution >= 4 is 43.2 Å². The van der Waals surface area contributed by atoms with Crippen molar-refractivity contribution in [3.05, 3.63) is 52.5 Å². The molecule has 0 unspecified atom stereocenters. The zero-order valence-corrected chi connectivity index (χ0v) is 14.6. The molecule has 0 spiro atoms. The molecule has 3 N–H and O–H groups in total. The lowest BCUT2D eigenvalue weighted by molar-refractivity contribution is -0.118. The van der Waals surface area contributed by atoms with E-state index in [-0.39, 0.29) is 4.90 Å². The summed E-state index contributed by atoms with van der Waals surface area (Å²) >= 11 is 3.26. The smallest absolute Gasteiger partial charge is 0.262 e. The van der Waals surface area contributed by atoms with Crippen LogP contribution in [0.25, 0.3) is 0 Å². The van der Waals surface area contributed by atoms with Crippen molar-refractivity contribution in [3.63, 3.8) is 0 Å². The first-order chi connectivity index (χ1) is 10.8. The Morgan fingerprint density at radius 2 is 1.87 bits per heavy atom. The van der Waals surface area contributed by atoms with Gasteiger partial charge in [0.25, 0.3) is 10.0 Å². The summed E-state index contributed by atoms with van der Waals surface area (Å²) in [5.41, 5.74) is 1.31. The number of carbonyl (C=O) groups is 1. The first-order valence-corrected chi connectivity index (χ1v) is 8.89. The lowest BCUT2D eigenvalue weighted by Crippen LogP contribution is -2.16. The molecule has 0 fully saturated rings. The fourth-order valence-corrected chi connectivity index (χ4v) is 3.77. The van der Waals surface area contributed by atoms with Crippen LogP contribution in [0.15, 0.2) is 51.8 Å². The molecule has 0 saturated heterocycles. The van der Waals surface area contributed by atoms with Gasteiger partial charge in [0.15, 0.2) is 0 Å². The molecule has 1 amide bonds. The second-order valence-corrected chi connectivity index (χ2v) is 7.37. The second-order valence-electron chi connectivity index (χ2n) is 4.80. The van der Waals surface area contributed by atoms with Crippen LogP contribution in [0.1, 0.15) is 5.56 Å². The van der Waals surface area contributed by atoms with Gasteiger partial charge in [0, 0.05) is 10.2 Å². The van der Waals surface area contributed by atoms with E-state index in [9.17, 15) is 13.2 Å². The normalized spacial score (nSPS) is 11.1. The van der Waals surface area contributed by atoms with E-state index < -0.39 is 22.5 Å².